The number of carbonyl (C=O) groups is 1. The number of ether oxygens (including phenoxy) is 1. The average Bonchev–Trinajstić information content (AvgIpc) is 3.63. The van der Waals surface area contributed by atoms with E-state index in [0.29, 0.717) is 6.61 Å². The van der Waals surface area contributed by atoms with Gasteiger partial charge in [0.25, 0.3) is 0 Å². The van der Waals surface area contributed by atoms with Crippen LogP contribution in [-0.2, 0) is 4.74 Å². The number of nitrogens with zero attached hydrogens (tertiary/aromatic N) is 6. The molecule has 2 fully saturated rings. The maximum atomic E-state index is 12.6. The number of fused-ring (bicyclic) bond motifs is 4. The molecule has 0 aliphatic carbocycles. The van der Waals surface area contributed by atoms with Crippen LogP contribution in [0.3, 0.4) is 0 Å². The zero-order valence-electron chi connectivity index (χ0n) is 20.5. The molecule has 6 heterocycles. The summed E-state index contributed by atoms with van der Waals surface area (Å²) in [6, 6.07) is 12.6. The van der Waals surface area contributed by atoms with Crippen LogP contribution >= 0.6 is 0 Å². The maximum absolute atomic E-state index is 12.6. The molecule has 2 saturated heterocycles. The van der Waals surface area contributed by atoms with Crippen LogP contribution in [0.4, 0.5) is 4.79 Å². The fourth-order valence-corrected chi connectivity index (χ4v) is 6.33. The summed E-state index contributed by atoms with van der Waals surface area (Å²) in [7, 11) is 0. The Labute approximate surface area is 213 Å². The number of benzene rings is 1. The molecule has 1 amide bonds. The summed E-state index contributed by atoms with van der Waals surface area (Å²) in [5, 5.41) is 13.6. The van der Waals surface area contributed by atoms with Gasteiger partial charge in [-0.3, -0.25) is 10.1 Å². The molecule has 7 rings (SSSR count). The minimum Gasteiger partial charge on any atom is -0.450 e. The van der Waals surface area contributed by atoms with Crippen molar-refractivity contribution in [2.45, 2.75) is 50.6 Å². The highest BCUT2D eigenvalue weighted by atomic mass is 16.6. The molecule has 9 nitrogen and oxygen atoms in total. The van der Waals surface area contributed by atoms with Crippen molar-refractivity contribution >= 4 is 22.6 Å². The molecule has 1 N–H and O–H groups in total. The molecule has 0 radical (unpaired) electrons. The van der Waals surface area contributed by atoms with Crippen molar-refractivity contribution in [1.82, 2.24) is 34.7 Å². The van der Waals surface area contributed by atoms with Crippen molar-refractivity contribution in [3.05, 3.63) is 66.9 Å². The minimum atomic E-state index is -0.178. The summed E-state index contributed by atoms with van der Waals surface area (Å²) in [4.78, 5) is 23.7. The van der Waals surface area contributed by atoms with Crippen molar-refractivity contribution in [2.24, 2.45) is 0 Å². The molecule has 37 heavy (non-hydrogen) atoms. The first-order valence-electron chi connectivity index (χ1n) is 12.9. The fraction of sp³-hybridized carbons (Fsp3) is 0.321. The van der Waals surface area contributed by atoms with Crippen molar-refractivity contribution in [3.8, 4) is 22.4 Å². The van der Waals surface area contributed by atoms with Gasteiger partial charge in [-0.2, -0.15) is 10.2 Å². The van der Waals surface area contributed by atoms with Crippen molar-refractivity contribution < 1.29 is 9.53 Å². The molecule has 0 spiro atoms. The number of pyridine rings is 1. The van der Waals surface area contributed by atoms with Crippen LogP contribution in [0.2, 0.25) is 0 Å². The van der Waals surface area contributed by atoms with Crippen LogP contribution in [0, 0.1) is 0 Å². The van der Waals surface area contributed by atoms with Gasteiger partial charge >= 0.3 is 6.09 Å². The van der Waals surface area contributed by atoms with Gasteiger partial charge < -0.3 is 9.64 Å². The quantitative estimate of drug-likeness (QED) is 0.369. The van der Waals surface area contributed by atoms with Gasteiger partial charge in [0.05, 0.1) is 23.9 Å². The molecule has 9 heteroatoms. The van der Waals surface area contributed by atoms with Crippen LogP contribution < -0.4 is 0 Å². The summed E-state index contributed by atoms with van der Waals surface area (Å²) in [5.41, 5.74) is 6.78. The highest BCUT2D eigenvalue weighted by Gasteiger charge is 2.45. The minimum absolute atomic E-state index is 0.178. The van der Waals surface area contributed by atoms with Gasteiger partial charge in [-0.1, -0.05) is 12.1 Å². The second-order valence-corrected chi connectivity index (χ2v) is 9.86. The number of aromatic amines is 1. The summed E-state index contributed by atoms with van der Waals surface area (Å²) in [6.07, 6.45) is 11.0. The molecular weight excluding hydrogens is 466 g/mol. The van der Waals surface area contributed by atoms with Gasteiger partial charge in [0.15, 0.2) is 5.65 Å². The Hall–Kier alpha value is -4.27. The zero-order chi connectivity index (χ0) is 24.9. The third-order valence-corrected chi connectivity index (χ3v) is 7.89. The normalized spacial score (nSPS) is 21.1. The number of amides is 1. The SMILES string of the molecule is CCOC(=O)N1[C@H]2CC[C@H]1CC(c1ccnc3c(-c4cccc5[nH]ncc45)c(-c4ccncc4)nn13)C2. The Morgan fingerprint density at radius 1 is 1.08 bits per heavy atom. The van der Waals surface area contributed by atoms with E-state index < -0.39 is 0 Å². The smallest absolute Gasteiger partial charge is 0.410 e. The van der Waals surface area contributed by atoms with E-state index in [9.17, 15) is 4.79 Å². The lowest BCUT2D eigenvalue weighted by Crippen LogP contribution is -2.46. The van der Waals surface area contributed by atoms with Gasteiger partial charge in [0.1, 0.15) is 5.69 Å². The van der Waals surface area contributed by atoms with Gasteiger partial charge in [-0.05, 0) is 62.4 Å². The summed E-state index contributed by atoms with van der Waals surface area (Å²) >= 11 is 0. The van der Waals surface area contributed by atoms with E-state index in [-0.39, 0.29) is 24.1 Å². The average molecular weight is 494 g/mol. The van der Waals surface area contributed by atoms with E-state index in [0.717, 1.165) is 70.3 Å². The van der Waals surface area contributed by atoms with Crippen molar-refractivity contribution in [3.63, 3.8) is 0 Å². The van der Waals surface area contributed by atoms with E-state index >= 15 is 0 Å². The lowest BCUT2D eigenvalue weighted by atomic mass is 9.88. The number of H-pyrrole nitrogens is 1. The van der Waals surface area contributed by atoms with Crippen LogP contribution in [0.5, 0.6) is 0 Å². The number of aromatic nitrogens is 6. The first-order chi connectivity index (χ1) is 18.2. The van der Waals surface area contributed by atoms with Crippen LogP contribution in [0.25, 0.3) is 38.9 Å². The number of hydrogen-bond donors (Lipinski definition) is 1. The highest BCUT2D eigenvalue weighted by Crippen LogP contribution is 2.44. The molecule has 0 saturated carbocycles. The second kappa shape index (κ2) is 8.69. The Balaban J connectivity index is 1.38. The number of piperidine rings is 1. The first-order valence-corrected chi connectivity index (χ1v) is 12.9. The van der Waals surface area contributed by atoms with Crippen LogP contribution in [0.15, 0.2) is 61.2 Å². The van der Waals surface area contributed by atoms with Gasteiger partial charge in [-0.15, -0.1) is 0 Å². The van der Waals surface area contributed by atoms with E-state index in [1.807, 2.05) is 53.0 Å². The molecule has 2 atom stereocenters. The lowest BCUT2D eigenvalue weighted by molar-refractivity contribution is 0.0685. The molecule has 2 bridgehead atoms. The molecule has 5 aromatic rings. The van der Waals surface area contributed by atoms with Crippen LogP contribution in [0.1, 0.15) is 44.2 Å². The predicted molar refractivity (Wildman–Crippen MR) is 139 cm³/mol. The molecule has 2 aliphatic rings. The summed E-state index contributed by atoms with van der Waals surface area (Å²) < 4.78 is 7.39. The molecule has 2 aliphatic heterocycles. The largest absolute Gasteiger partial charge is 0.450 e. The number of rotatable bonds is 4. The Kier molecular flexibility index (Phi) is 5.16. The van der Waals surface area contributed by atoms with Crippen molar-refractivity contribution in [1.29, 1.82) is 0 Å². The Morgan fingerprint density at radius 2 is 1.89 bits per heavy atom. The molecule has 0 unspecified atom stereocenters. The fourth-order valence-electron chi connectivity index (χ4n) is 6.33. The topological polar surface area (TPSA) is 101 Å². The molecule has 1 aromatic carbocycles. The Bertz CT molecular complexity index is 1600. The Morgan fingerprint density at radius 3 is 2.68 bits per heavy atom. The number of carbonyl (C=O) groups excluding carboxylic acids is 1. The van der Waals surface area contributed by atoms with Gasteiger partial charge in [0, 0.05) is 53.2 Å². The van der Waals surface area contributed by atoms with E-state index in [1.165, 1.54) is 0 Å². The summed E-state index contributed by atoms with van der Waals surface area (Å²) in [5.74, 6) is 0.274. The third kappa shape index (κ3) is 3.48. The van der Waals surface area contributed by atoms with E-state index in [1.54, 1.807) is 12.4 Å². The van der Waals surface area contributed by atoms with Crippen LogP contribution in [-0.4, -0.2) is 59.5 Å². The second-order valence-electron chi connectivity index (χ2n) is 9.86. The third-order valence-electron chi connectivity index (χ3n) is 7.89. The number of nitrogens with one attached hydrogen (secondary N) is 1. The van der Waals surface area contributed by atoms with E-state index in [4.69, 9.17) is 14.8 Å². The zero-order valence-corrected chi connectivity index (χ0v) is 20.5. The number of hydrogen-bond acceptors (Lipinski definition) is 6. The van der Waals surface area contributed by atoms with Gasteiger partial charge in [-0.25, -0.2) is 14.3 Å². The first kappa shape index (κ1) is 22.0. The predicted octanol–water partition coefficient (Wildman–Crippen LogP) is 5.20. The van der Waals surface area contributed by atoms with E-state index in [2.05, 4.69) is 27.3 Å². The monoisotopic (exact) mass is 493 g/mol. The molecule has 186 valence electrons. The van der Waals surface area contributed by atoms with Gasteiger partial charge in [0.2, 0.25) is 0 Å². The standard InChI is InChI=1S/C28H27N7O2/c1-2-37-28(36)34-19-6-7-20(34)15-18(14-19)24-10-13-30-27-25(21-4-3-5-23-22(21)16-31-32-23)26(33-35(24)27)17-8-11-29-12-9-17/h3-5,8-13,16,18-20H,2,6-7,14-15H2,1H3,(H,31,32)/t19-,20-/m0/s1. The molecular formula is C28H27N7O2. The lowest BCUT2D eigenvalue weighted by Gasteiger charge is -2.38. The maximum Gasteiger partial charge on any atom is 0.410 e. The molecule has 4 aromatic heterocycles. The summed E-state index contributed by atoms with van der Waals surface area (Å²) in [6.45, 7) is 2.26. The van der Waals surface area contributed by atoms with Crippen molar-refractivity contribution in [2.75, 3.05) is 6.61 Å². The highest BCUT2D eigenvalue weighted by molar-refractivity contribution is 6.02.